The molecule has 1 aromatic carbocycles. The van der Waals surface area contributed by atoms with E-state index in [4.69, 9.17) is 0 Å². The molecule has 1 aliphatic carbocycles. The Labute approximate surface area is 118 Å². The monoisotopic (exact) mass is 282 g/mol. The van der Waals surface area contributed by atoms with Crippen LogP contribution in [-0.4, -0.2) is 0 Å². The summed E-state index contributed by atoms with van der Waals surface area (Å²) in [4.78, 5) is 0. The van der Waals surface area contributed by atoms with Crippen LogP contribution in [-0.2, 0) is 6.42 Å². The van der Waals surface area contributed by atoms with Crippen molar-refractivity contribution in [3.8, 4) is 0 Å². The van der Waals surface area contributed by atoms with Gasteiger partial charge in [-0.1, -0.05) is 25.0 Å². The van der Waals surface area contributed by atoms with Crippen molar-refractivity contribution in [3.63, 3.8) is 0 Å². The van der Waals surface area contributed by atoms with Crippen molar-refractivity contribution in [2.45, 2.75) is 44.9 Å². The fraction of sp³-hybridized carbons (Fsp3) is 0.529. The number of hydrogen-bond acceptors (Lipinski definition) is 0. The van der Waals surface area contributed by atoms with Crippen molar-refractivity contribution < 1.29 is 13.2 Å². The maximum Gasteiger partial charge on any atom is 0.159 e. The van der Waals surface area contributed by atoms with Crippen molar-refractivity contribution in [1.82, 2.24) is 0 Å². The number of aryl methyl sites for hydroxylation is 1. The zero-order chi connectivity index (χ0) is 14.4. The van der Waals surface area contributed by atoms with Crippen LogP contribution >= 0.6 is 0 Å². The molecule has 3 heteroatoms. The standard InChI is InChI=1S/C17H21F3/c18-11-1-2-13-3-5-14(6-4-13)7-8-15-9-10-16(19)17(20)12-15/h1,9-14H,2-8H2/t13-,14-. The second kappa shape index (κ2) is 7.51. The minimum absolute atomic E-state index is 0.613. The van der Waals surface area contributed by atoms with Crippen molar-refractivity contribution in [1.29, 1.82) is 0 Å². The van der Waals surface area contributed by atoms with E-state index in [-0.39, 0.29) is 0 Å². The van der Waals surface area contributed by atoms with Gasteiger partial charge < -0.3 is 0 Å². The van der Waals surface area contributed by atoms with Crippen LogP contribution in [0.1, 0.15) is 44.1 Å². The molecule has 1 fully saturated rings. The quantitative estimate of drug-likeness (QED) is 0.661. The predicted octanol–water partition coefficient (Wildman–Crippen LogP) is 5.58. The van der Waals surface area contributed by atoms with Gasteiger partial charge in [-0.05, 0) is 61.6 Å². The minimum Gasteiger partial charge on any atom is -0.216 e. The third-order valence-corrected chi connectivity index (χ3v) is 4.35. The molecule has 0 aliphatic heterocycles. The van der Waals surface area contributed by atoms with Crippen molar-refractivity contribution in [3.05, 3.63) is 47.8 Å². The van der Waals surface area contributed by atoms with Crippen molar-refractivity contribution in [2.24, 2.45) is 11.8 Å². The first-order valence-corrected chi connectivity index (χ1v) is 7.38. The average molecular weight is 282 g/mol. The fourth-order valence-corrected chi connectivity index (χ4v) is 3.07. The average Bonchev–Trinajstić information content (AvgIpc) is 2.47. The summed E-state index contributed by atoms with van der Waals surface area (Å²) in [6.45, 7) is 0. The van der Waals surface area contributed by atoms with E-state index in [0.29, 0.717) is 18.2 Å². The molecule has 0 bridgehead atoms. The highest BCUT2D eigenvalue weighted by Crippen LogP contribution is 2.33. The van der Waals surface area contributed by atoms with E-state index in [1.807, 2.05) is 0 Å². The van der Waals surface area contributed by atoms with Crippen LogP contribution in [0, 0.1) is 23.5 Å². The van der Waals surface area contributed by atoms with Gasteiger partial charge in [0.2, 0.25) is 0 Å². The number of rotatable bonds is 5. The second-order valence-corrected chi connectivity index (χ2v) is 5.77. The van der Waals surface area contributed by atoms with E-state index < -0.39 is 11.6 Å². The molecule has 20 heavy (non-hydrogen) atoms. The first kappa shape index (κ1) is 15.1. The maximum absolute atomic E-state index is 13.1. The summed E-state index contributed by atoms with van der Waals surface area (Å²) in [6, 6.07) is 4.16. The van der Waals surface area contributed by atoms with Gasteiger partial charge in [0.05, 0.1) is 6.33 Å². The molecule has 1 saturated carbocycles. The second-order valence-electron chi connectivity index (χ2n) is 5.77. The van der Waals surface area contributed by atoms with Crippen LogP contribution in [0.15, 0.2) is 30.6 Å². The van der Waals surface area contributed by atoms with Crippen LogP contribution in [0.2, 0.25) is 0 Å². The number of benzene rings is 1. The molecule has 0 heterocycles. The zero-order valence-electron chi connectivity index (χ0n) is 11.6. The molecule has 0 radical (unpaired) electrons. The van der Waals surface area contributed by atoms with Gasteiger partial charge in [-0.25, -0.2) is 13.2 Å². The third kappa shape index (κ3) is 4.39. The first-order chi connectivity index (χ1) is 9.69. The van der Waals surface area contributed by atoms with Crippen LogP contribution in [0.3, 0.4) is 0 Å². The smallest absolute Gasteiger partial charge is 0.159 e. The van der Waals surface area contributed by atoms with E-state index >= 15 is 0 Å². The number of halogens is 3. The van der Waals surface area contributed by atoms with Gasteiger partial charge in [0.15, 0.2) is 11.6 Å². The third-order valence-electron chi connectivity index (χ3n) is 4.35. The Balaban J connectivity index is 1.74. The van der Waals surface area contributed by atoms with Gasteiger partial charge in [-0.15, -0.1) is 0 Å². The Morgan fingerprint density at radius 3 is 2.35 bits per heavy atom. The minimum atomic E-state index is -0.782. The lowest BCUT2D eigenvalue weighted by Crippen LogP contribution is -2.14. The number of hydrogen-bond donors (Lipinski definition) is 0. The summed E-state index contributed by atoms with van der Waals surface area (Å²) < 4.78 is 37.9. The van der Waals surface area contributed by atoms with E-state index in [1.54, 1.807) is 12.1 Å². The fourth-order valence-electron chi connectivity index (χ4n) is 3.07. The largest absolute Gasteiger partial charge is 0.216 e. The van der Waals surface area contributed by atoms with E-state index in [1.165, 1.54) is 12.1 Å². The molecule has 0 spiro atoms. The molecule has 0 unspecified atom stereocenters. The van der Waals surface area contributed by atoms with Gasteiger partial charge in [0.1, 0.15) is 0 Å². The molecule has 0 saturated heterocycles. The Hall–Kier alpha value is -1.25. The molecule has 0 atom stereocenters. The molecule has 0 nitrogen and oxygen atoms in total. The van der Waals surface area contributed by atoms with Crippen molar-refractivity contribution in [2.75, 3.05) is 0 Å². The van der Waals surface area contributed by atoms with E-state index in [0.717, 1.165) is 50.5 Å². The lowest BCUT2D eigenvalue weighted by Gasteiger charge is -2.27. The summed E-state index contributed by atoms with van der Waals surface area (Å²) in [7, 11) is 0. The Morgan fingerprint density at radius 1 is 1.00 bits per heavy atom. The van der Waals surface area contributed by atoms with Crippen LogP contribution in [0.4, 0.5) is 13.2 Å². The van der Waals surface area contributed by atoms with Gasteiger partial charge in [0, 0.05) is 0 Å². The van der Waals surface area contributed by atoms with Gasteiger partial charge in [-0.2, -0.15) is 0 Å². The molecule has 0 aromatic heterocycles. The normalized spacial score (nSPS) is 23.4. The molecular weight excluding hydrogens is 261 g/mol. The SMILES string of the molecule is FC=CC[C@H]1CC[C@H](CCc2ccc(F)c(F)c2)CC1. The molecule has 0 amide bonds. The lowest BCUT2D eigenvalue weighted by molar-refractivity contribution is 0.264. The summed E-state index contributed by atoms with van der Waals surface area (Å²) in [5.74, 6) is -0.269. The van der Waals surface area contributed by atoms with E-state index in [2.05, 4.69) is 0 Å². The first-order valence-electron chi connectivity index (χ1n) is 7.38. The molecule has 1 aromatic rings. The summed E-state index contributed by atoms with van der Waals surface area (Å²) >= 11 is 0. The summed E-state index contributed by atoms with van der Waals surface area (Å²) in [5.41, 5.74) is 0.867. The molecule has 2 rings (SSSR count). The summed E-state index contributed by atoms with van der Waals surface area (Å²) in [6.07, 6.45) is 9.52. The Bertz CT molecular complexity index is 446. The van der Waals surface area contributed by atoms with Crippen LogP contribution in [0.5, 0.6) is 0 Å². The zero-order valence-corrected chi connectivity index (χ0v) is 11.6. The maximum atomic E-state index is 13.1. The van der Waals surface area contributed by atoms with Gasteiger partial charge >= 0.3 is 0 Å². The molecule has 0 N–H and O–H groups in total. The highest BCUT2D eigenvalue weighted by molar-refractivity contribution is 5.17. The number of allylic oxidation sites excluding steroid dienone is 1. The van der Waals surface area contributed by atoms with Gasteiger partial charge in [-0.3, -0.25) is 0 Å². The molecule has 1 aliphatic rings. The Morgan fingerprint density at radius 2 is 1.70 bits per heavy atom. The Kier molecular flexibility index (Phi) is 5.69. The van der Waals surface area contributed by atoms with Gasteiger partial charge in [0.25, 0.3) is 0 Å². The van der Waals surface area contributed by atoms with Crippen molar-refractivity contribution >= 4 is 0 Å². The lowest BCUT2D eigenvalue weighted by atomic mass is 9.78. The molecule has 110 valence electrons. The van der Waals surface area contributed by atoms with Crippen LogP contribution in [0.25, 0.3) is 0 Å². The van der Waals surface area contributed by atoms with Crippen LogP contribution < -0.4 is 0 Å². The summed E-state index contributed by atoms with van der Waals surface area (Å²) in [5, 5.41) is 0. The topological polar surface area (TPSA) is 0 Å². The van der Waals surface area contributed by atoms with E-state index in [9.17, 15) is 13.2 Å². The molecular formula is C17H21F3. The highest BCUT2D eigenvalue weighted by atomic mass is 19.2. The predicted molar refractivity (Wildman–Crippen MR) is 75.0 cm³/mol. The highest BCUT2D eigenvalue weighted by Gasteiger charge is 2.20.